The zero-order valence-corrected chi connectivity index (χ0v) is 13.1. The van der Waals surface area contributed by atoms with Crippen LogP contribution in [0.4, 0.5) is 4.79 Å². The van der Waals surface area contributed by atoms with Crippen LogP contribution in [0.3, 0.4) is 0 Å². The lowest BCUT2D eigenvalue weighted by atomic mass is 9.91. The highest BCUT2D eigenvalue weighted by Gasteiger charge is 2.26. The molecule has 2 amide bonds. The summed E-state index contributed by atoms with van der Waals surface area (Å²) in [5.74, 6) is -1.18. The van der Waals surface area contributed by atoms with Crippen molar-refractivity contribution >= 4 is 23.3 Å². The third kappa shape index (κ3) is 4.52. The van der Waals surface area contributed by atoms with Gasteiger partial charge >= 0.3 is 12.0 Å². The lowest BCUT2D eigenvalue weighted by Gasteiger charge is -2.25. The van der Waals surface area contributed by atoms with Crippen LogP contribution in [0.15, 0.2) is 17.5 Å². The Morgan fingerprint density at radius 3 is 2.50 bits per heavy atom. The molecule has 1 aromatic rings. The number of aliphatic carboxylic acids is 1. The SMILES string of the molecule is CC(C)C(NC(=O)NCC(C)(C)c1cccs1)C(=O)O. The predicted molar refractivity (Wildman–Crippen MR) is 80.1 cm³/mol. The maximum atomic E-state index is 11.8. The molecule has 1 heterocycles. The fourth-order valence-corrected chi connectivity index (χ4v) is 2.61. The highest BCUT2D eigenvalue weighted by atomic mass is 32.1. The quantitative estimate of drug-likeness (QED) is 0.754. The van der Waals surface area contributed by atoms with Gasteiger partial charge in [0, 0.05) is 16.8 Å². The molecule has 0 aliphatic rings. The number of hydrogen-bond donors (Lipinski definition) is 3. The van der Waals surface area contributed by atoms with E-state index in [9.17, 15) is 9.59 Å². The van der Waals surface area contributed by atoms with Gasteiger partial charge < -0.3 is 15.7 Å². The molecule has 6 heteroatoms. The van der Waals surface area contributed by atoms with Crippen LogP contribution in [0.5, 0.6) is 0 Å². The molecule has 20 heavy (non-hydrogen) atoms. The predicted octanol–water partition coefficient (Wildman–Crippen LogP) is 2.43. The second kappa shape index (κ2) is 6.74. The van der Waals surface area contributed by atoms with Gasteiger partial charge in [0.1, 0.15) is 6.04 Å². The molecule has 0 spiro atoms. The molecule has 5 nitrogen and oxygen atoms in total. The fourth-order valence-electron chi connectivity index (χ4n) is 1.76. The molecule has 1 rings (SSSR count). The van der Waals surface area contributed by atoms with Gasteiger partial charge in [-0.1, -0.05) is 33.8 Å². The maximum absolute atomic E-state index is 11.8. The first-order chi connectivity index (χ1) is 9.24. The van der Waals surface area contributed by atoms with Gasteiger partial charge in [0.25, 0.3) is 0 Å². The lowest BCUT2D eigenvalue weighted by Crippen LogP contribution is -2.50. The third-order valence-electron chi connectivity index (χ3n) is 3.10. The van der Waals surface area contributed by atoms with Gasteiger partial charge in [-0.2, -0.15) is 0 Å². The molecule has 0 bridgehead atoms. The van der Waals surface area contributed by atoms with Gasteiger partial charge in [-0.15, -0.1) is 11.3 Å². The fraction of sp³-hybridized carbons (Fsp3) is 0.571. The molecule has 0 aliphatic carbocycles. The second-order valence-electron chi connectivity index (χ2n) is 5.75. The molecule has 0 radical (unpaired) electrons. The molecule has 1 unspecified atom stereocenters. The first-order valence-corrected chi connectivity index (χ1v) is 7.43. The Balaban J connectivity index is 2.53. The van der Waals surface area contributed by atoms with E-state index in [0.29, 0.717) is 6.54 Å². The summed E-state index contributed by atoms with van der Waals surface area (Å²) in [4.78, 5) is 24.0. The van der Waals surface area contributed by atoms with Crippen molar-refractivity contribution in [2.75, 3.05) is 6.54 Å². The molecule has 112 valence electrons. The molecule has 0 fully saturated rings. The minimum Gasteiger partial charge on any atom is -0.480 e. The van der Waals surface area contributed by atoms with Gasteiger partial charge in [0.15, 0.2) is 0 Å². The van der Waals surface area contributed by atoms with Crippen LogP contribution in [-0.2, 0) is 10.2 Å². The van der Waals surface area contributed by atoms with E-state index in [4.69, 9.17) is 5.11 Å². The third-order valence-corrected chi connectivity index (χ3v) is 4.33. The number of nitrogens with one attached hydrogen (secondary N) is 2. The van der Waals surface area contributed by atoms with E-state index < -0.39 is 18.0 Å². The molecule has 1 aromatic heterocycles. The van der Waals surface area contributed by atoms with Crippen molar-refractivity contribution in [1.82, 2.24) is 10.6 Å². The van der Waals surface area contributed by atoms with E-state index >= 15 is 0 Å². The Hall–Kier alpha value is -1.56. The Morgan fingerprint density at radius 2 is 2.05 bits per heavy atom. The number of carbonyl (C=O) groups is 2. The molecule has 0 aromatic carbocycles. The average Bonchev–Trinajstić information content (AvgIpc) is 2.87. The monoisotopic (exact) mass is 298 g/mol. The number of rotatable bonds is 6. The van der Waals surface area contributed by atoms with Crippen LogP contribution in [0.1, 0.15) is 32.6 Å². The normalized spacial score (nSPS) is 13.1. The number of hydrogen-bond acceptors (Lipinski definition) is 3. The summed E-state index contributed by atoms with van der Waals surface area (Å²) in [6, 6.07) is 2.68. The van der Waals surface area contributed by atoms with E-state index in [1.807, 2.05) is 31.4 Å². The number of thiophene rings is 1. The van der Waals surface area contributed by atoms with Crippen molar-refractivity contribution in [3.63, 3.8) is 0 Å². The maximum Gasteiger partial charge on any atom is 0.326 e. The topological polar surface area (TPSA) is 78.4 Å². The highest BCUT2D eigenvalue weighted by molar-refractivity contribution is 7.10. The number of urea groups is 1. The molecule has 0 aliphatic heterocycles. The van der Waals surface area contributed by atoms with Crippen LogP contribution in [0.25, 0.3) is 0 Å². The highest BCUT2D eigenvalue weighted by Crippen LogP contribution is 2.26. The van der Waals surface area contributed by atoms with Gasteiger partial charge in [-0.25, -0.2) is 9.59 Å². The van der Waals surface area contributed by atoms with Crippen LogP contribution in [0, 0.1) is 5.92 Å². The molecular weight excluding hydrogens is 276 g/mol. The van der Waals surface area contributed by atoms with Gasteiger partial charge in [-0.05, 0) is 17.4 Å². The van der Waals surface area contributed by atoms with Gasteiger partial charge in [0.05, 0.1) is 0 Å². The minimum atomic E-state index is -1.02. The summed E-state index contributed by atoms with van der Waals surface area (Å²) in [5, 5.41) is 16.3. The van der Waals surface area contributed by atoms with Crippen LogP contribution in [0.2, 0.25) is 0 Å². The van der Waals surface area contributed by atoms with E-state index in [-0.39, 0.29) is 11.3 Å². The standard InChI is InChI=1S/C14H22N2O3S/c1-9(2)11(12(17)18)16-13(19)15-8-14(3,4)10-6-5-7-20-10/h5-7,9,11H,8H2,1-4H3,(H,17,18)(H2,15,16,19). The Kier molecular flexibility index (Phi) is 5.56. The zero-order chi connectivity index (χ0) is 15.3. The zero-order valence-electron chi connectivity index (χ0n) is 12.3. The van der Waals surface area contributed by atoms with Gasteiger partial charge in [0.2, 0.25) is 0 Å². The summed E-state index contributed by atoms with van der Waals surface area (Å²) < 4.78 is 0. The smallest absolute Gasteiger partial charge is 0.326 e. The van der Waals surface area contributed by atoms with Crippen molar-refractivity contribution in [2.45, 2.75) is 39.2 Å². The number of amides is 2. The first kappa shape index (κ1) is 16.5. The first-order valence-electron chi connectivity index (χ1n) is 6.55. The molecule has 1 atom stereocenters. The molecular formula is C14H22N2O3S. The van der Waals surface area contributed by atoms with Crippen molar-refractivity contribution < 1.29 is 14.7 Å². The summed E-state index contributed by atoms with van der Waals surface area (Å²) in [6.07, 6.45) is 0. The van der Waals surface area contributed by atoms with Crippen LogP contribution < -0.4 is 10.6 Å². The Labute approximate surface area is 123 Å². The molecule has 3 N–H and O–H groups in total. The van der Waals surface area contributed by atoms with Crippen LogP contribution >= 0.6 is 11.3 Å². The summed E-state index contributed by atoms with van der Waals surface area (Å²) in [5.41, 5.74) is -0.179. The Morgan fingerprint density at radius 1 is 1.40 bits per heavy atom. The molecule has 0 saturated heterocycles. The van der Waals surface area contributed by atoms with E-state index in [2.05, 4.69) is 10.6 Å². The number of carboxylic acid groups (broad SMARTS) is 1. The summed E-state index contributed by atoms with van der Waals surface area (Å²) in [7, 11) is 0. The van der Waals surface area contributed by atoms with E-state index in [0.717, 1.165) is 0 Å². The van der Waals surface area contributed by atoms with Crippen molar-refractivity contribution in [2.24, 2.45) is 5.92 Å². The summed E-state index contributed by atoms with van der Waals surface area (Å²) >= 11 is 1.64. The summed E-state index contributed by atoms with van der Waals surface area (Å²) in [6.45, 7) is 8.04. The largest absolute Gasteiger partial charge is 0.480 e. The minimum absolute atomic E-state index is 0.163. The van der Waals surface area contributed by atoms with Crippen molar-refractivity contribution in [3.05, 3.63) is 22.4 Å². The van der Waals surface area contributed by atoms with Crippen molar-refractivity contribution in [1.29, 1.82) is 0 Å². The van der Waals surface area contributed by atoms with E-state index in [1.165, 1.54) is 4.88 Å². The molecule has 0 saturated carbocycles. The number of carbonyl (C=O) groups excluding carboxylic acids is 1. The van der Waals surface area contributed by atoms with Crippen molar-refractivity contribution in [3.8, 4) is 0 Å². The van der Waals surface area contributed by atoms with Crippen LogP contribution in [-0.4, -0.2) is 29.7 Å². The Bertz CT molecular complexity index is 455. The van der Waals surface area contributed by atoms with Gasteiger partial charge in [-0.3, -0.25) is 0 Å². The average molecular weight is 298 g/mol. The number of carboxylic acids is 1. The second-order valence-corrected chi connectivity index (χ2v) is 6.70. The lowest BCUT2D eigenvalue weighted by molar-refractivity contribution is -0.140. The van der Waals surface area contributed by atoms with E-state index in [1.54, 1.807) is 25.2 Å².